The van der Waals surface area contributed by atoms with Crippen molar-refractivity contribution < 1.29 is 26.7 Å². The summed E-state index contributed by atoms with van der Waals surface area (Å²) in [5.74, 6) is -3.82. The second kappa shape index (κ2) is 7.74. The predicted octanol–water partition coefficient (Wildman–Crippen LogP) is 3.64. The number of aromatic nitrogens is 4. The van der Waals surface area contributed by atoms with E-state index in [1.807, 2.05) is 6.07 Å². The van der Waals surface area contributed by atoms with Gasteiger partial charge in [-0.3, -0.25) is 0 Å². The van der Waals surface area contributed by atoms with Gasteiger partial charge in [0.05, 0.1) is 7.11 Å². The zero-order valence-corrected chi connectivity index (χ0v) is 16.7. The molecule has 0 spiro atoms. The molecule has 31 heavy (non-hydrogen) atoms. The van der Waals surface area contributed by atoms with Gasteiger partial charge in [-0.25, -0.2) is 9.97 Å². The van der Waals surface area contributed by atoms with Gasteiger partial charge in [-0.1, -0.05) is 6.07 Å². The number of ether oxygens (including phenoxy) is 1. The van der Waals surface area contributed by atoms with Gasteiger partial charge in [-0.05, 0) is 31.5 Å². The number of nitrogens with two attached hydrogens (primary N) is 1. The van der Waals surface area contributed by atoms with Crippen LogP contribution in [0.5, 0.6) is 5.75 Å². The van der Waals surface area contributed by atoms with Crippen molar-refractivity contribution in [2.24, 2.45) is 0 Å². The number of alkyl halides is 5. The summed E-state index contributed by atoms with van der Waals surface area (Å²) in [6, 6.07) is 5.35. The minimum absolute atomic E-state index is 0.114. The minimum Gasteiger partial charge on any atom is -0.494 e. The monoisotopic (exact) mass is 444 g/mol. The van der Waals surface area contributed by atoms with Gasteiger partial charge in [0.1, 0.15) is 11.3 Å². The molecule has 7 nitrogen and oxygen atoms in total. The van der Waals surface area contributed by atoms with E-state index in [1.165, 1.54) is 11.6 Å². The van der Waals surface area contributed by atoms with Gasteiger partial charge in [0.15, 0.2) is 11.5 Å². The summed E-state index contributed by atoms with van der Waals surface area (Å²) in [7, 11) is 1.52. The fourth-order valence-electron chi connectivity index (χ4n) is 3.89. The molecule has 1 fully saturated rings. The molecule has 0 amide bonds. The summed E-state index contributed by atoms with van der Waals surface area (Å²) < 4.78 is 70.7. The molecule has 2 aromatic heterocycles. The van der Waals surface area contributed by atoms with Gasteiger partial charge in [-0.2, -0.15) is 26.5 Å². The third-order valence-electron chi connectivity index (χ3n) is 5.55. The number of likely N-dealkylation sites (tertiary alicyclic amines) is 1. The van der Waals surface area contributed by atoms with Gasteiger partial charge in [0.25, 0.3) is 0 Å². The number of fused-ring (bicyclic) bond motifs is 3. The van der Waals surface area contributed by atoms with E-state index in [0.29, 0.717) is 54.1 Å². The highest BCUT2D eigenvalue weighted by molar-refractivity contribution is 5.95. The van der Waals surface area contributed by atoms with Crippen LogP contribution in [-0.2, 0) is 0 Å². The quantitative estimate of drug-likeness (QED) is 0.606. The molecule has 3 aromatic rings. The van der Waals surface area contributed by atoms with Crippen molar-refractivity contribution in [3.63, 3.8) is 0 Å². The third-order valence-corrected chi connectivity index (χ3v) is 5.55. The molecule has 1 saturated heterocycles. The largest absolute Gasteiger partial charge is 0.494 e. The summed E-state index contributed by atoms with van der Waals surface area (Å²) in [5.41, 5.74) is 7.07. The molecule has 4 rings (SSSR count). The lowest BCUT2D eigenvalue weighted by Gasteiger charge is -2.32. The number of nitrogen functional groups attached to an aromatic ring is 1. The molecule has 1 aromatic carbocycles. The number of para-hydroxylation sites is 1. The lowest BCUT2D eigenvalue weighted by Crippen LogP contribution is -2.42. The molecule has 2 N–H and O–H groups in total. The standard InChI is InChI=1S/C19H21F5N6O/c1-31-13-6-2-5-12-14(13)26-17(25)30-16(12)27-15(28-30)11-4-3-8-29(10-11)9-7-18(20,21)19(22,23)24/h2,5-6,11H,3-4,7-10H2,1H3,(H2,25,26)/t11-/m1/s1. The number of halogens is 5. The van der Waals surface area contributed by atoms with Crippen LogP contribution in [0.4, 0.5) is 27.9 Å². The molecule has 1 aliphatic heterocycles. The van der Waals surface area contributed by atoms with Gasteiger partial charge in [-0.15, -0.1) is 5.10 Å². The Hall–Kier alpha value is -2.76. The van der Waals surface area contributed by atoms with Crippen molar-refractivity contribution in [3.8, 4) is 5.75 Å². The Bertz CT molecular complexity index is 1100. The first-order valence-electron chi connectivity index (χ1n) is 9.76. The fourth-order valence-corrected chi connectivity index (χ4v) is 3.89. The van der Waals surface area contributed by atoms with Crippen molar-refractivity contribution in [3.05, 3.63) is 24.0 Å². The van der Waals surface area contributed by atoms with Crippen LogP contribution in [0.3, 0.4) is 0 Å². The molecule has 1 aliphatic rings. The number of anilines is 1. The molecule has 0 saturated carbocycles. The minimum atomic E-state index is -5.54. The van der Waals surface area contributed by atoms with Crippen LogP contribution in [-0.4, -0.2) is 63.3 Å². The summed E-state index contributed by atoms with van der Waals surface area (Å²) in [5, 5.41) is 5.13. The number of hydrogen-bond acceptors (Lipinski definition) is 6. The topological polar surface area (TPSA) is 81.6 Å². The highest BCUT2D eigenvalue weighted by Gasteiger charge is 2.56. The van der Waals surface area contributed by atoms with Crippen molar-refractivity contribution in [1.82, 2.24) is 24.5 Å². The van der Waals surface area contributed by atoms with Gasteiger partial charge < -0.3 is 15.4 Å². The third kappa shape index (κ3) is 3.95. The maximum Gasteiger partial charge on any atom is 0.453 e. The van der Waals surface area contributed by atoms with E-state index in [-0.39, 0.29) is 18.4 Å². The van der Waals surface area contributed by atoms with Crippen molar-refractivity contribution in [2.45, 2.75) is 37.3 Å². The van der Waals surface area contributed by atoms with E-state index in [1.54, 1.807) is 17.0 Å². The summed E-state index contributed by atoms with van der Waals surface area (Å²) >= 11 is 0. The molecular weight excluding hydrogens is 423 g/mol. The number of benzene rings is 1. The first-order valence-corrected chi connectivity index (χ1v) is 9.76. The summed E-state index contributed by atoms with van der Waals surface area (Å²) in [4.78, 5) is 10.5. The van der Waals surface area contributed by atoms with Crippen LogP contribution in [0.15, 0.2) is 18.2 Å². The molecule has 168 valence electrons. The Kier molecular flexibility index (Phi) is 5.36. The molecule has 0 radical (unpaired) electrons. The first kappa shape index (κ1) is 21.5. The summed E-state index contributed by atoms with van der Waals surface area (Å²) in [6.45, 7) is 0.376. The SMILES string of the molecule is COc1cccc2c1nc(N)n1nc([C@@H]3CCCN(CCC(F)(F)C(F)(F)F)C3)nc21. The Morgan fingerprint density at radius 1 is 1.19 bits per heavy atom. The smallest absolute Gasteiger partial charge is 0.453 e. The Morgan fingerprint density at radius 3 is 2.68 bits per heavy atom. The van der Waals surface area contributed by atoms with Crippen LogP contribution in [0.1, 0.15) is 31.0 Å². The maximum atomic E-state index is 13.3. The van der Waals surface area contributed by atoms with Crippen LogP contribution in [0.2, 0.25) is 0 Å². The second-order valence-corrected chi connectivity index (χ2v) is 7.62. The van der Waals surface area contributed by atoms with Crippen molar-refractivity contribution in [2.75, 3.05) is 32.5 Å². The molecule has 0 unspecified atom stereocenters. The highest BCUT2D eigenvalue weighted by Crippen LogP contribution is 2.38. The molecule has 12 heteroatoms. The lowest BCUT2D eigenvalue weighted by atomic mass is 9.97. The van der Waals surface area contributed by atoms with Crippen LogP contribution >= 0.6 is 0 Å². The average Bonchev–Trinajstić information content (AvgIpc) is 3.18. The predicted molar refractivity (Wildman–Crippen MR) is 103 cm³/mol. The zero-order chi connectivity index (χ0) is 22.4. The van der Waals surface area contributed by atoms with Crippen molar-refractivity contribution in [1.29, 1.82) is 0 Å². The number of nitrogens with zero attached hydrogens (tertiary/aromatic N) is 5. The number of rotatable bonds is 5. The normalized spacial score (nSPS) is 18.7. The maximum absolute atomic E-state index is 13.3. The zero-order valence-electron chi connectivity index (χ0n) is 16.7. The highest BCUT2D eigenvalue weighted by atomic mass is 19.4. The average molecular weight is 444 g/mol. The molecular formula is C19H21F5N6O. The number of methoxy groups -OCH3 is 1. The Labute approximate surface area is 174 Å². The second-order valence-electron chi connectivity index (χ2n) is 7.62. The van der Waals surface area contributed by atoms with E-state index in [2.05, 4.69) is 15.1 Å². The lowest BCUT2D eigenvalue weighted by molar-refractivity contribution is -0.285. The first-order chi connectivity index (χ1) is 14.6. The molecule has 3 heterocycles. The van der Waals surface area contributed by atoms with E-state index < -0.39 is 18.5 Å². The number of piperidine rings is 1. The van der Waals surface area contributed by atoms with E-state index in [9.17, 15) is 22.0 Å². The molecule has 0 bridgehead atoms. The van der Waals surface area contributed by atoms with Crippen LogP contribution < -0.4 is 10.5 Å². The van der Waals surface area contributed by atoms with Crippen LogP contribution in [0, 0.1) is 0 Å². The summed E-state index contributed by atoms with van der Waals surface area (Å²) in [6.07, 6.45) is -5.49. The van der Waals surface area contributed by atoms with E-state index in [4.69, 9.17) is 10.5 Å². The molecule has 0 aliphatic carbocycles. The van der Waals surface area contributed by atoms with Gasteiger partial charge >= 0.3 is 12.1 Å². The van der Waals surface area contributed by atoms with Gasteiger partial charge in [0, 0.05) is 30.8 Å². The van der Waals surface area contributed by atoms with E-state index >= 15 is 0 Å². The number of hydrogen-bond donors (Lipinski definition) is 1. The Balaban J connectivity index is 1.59. The Morgan fingerprint density at radius 2 is 1.97 bits per heavy atom. The van der Waals surface area contributed by atoms with Gasteiger partial charge in [0.2, 0.25) is 5.95 Å². The fraction of sp³-hybridized carbons (Fsp3) is 0.526. The van der Waals surface area contributed by atoms with Crippen molar-refractivity contribution >= 4 is 22.5 Å². The molecule has 1 atom stereocenters. The van der Waals surface area contributed by atoms with E-state index in [0.717, 1.165) is 0 Å². The van der Waals surface area contributed by atoms with Crippen LogP contribution in [0.25, 0.3) is 16.6 Å².